The van der Waals surface area contributed by atoms with E-state index in [2.05, 4.69) is 41.9 Å². The summed E-state index contributed by atoms with van der Waals surface area (Å²) < 4.78 is 13.2. The van der Waals surface area contributed by atoms with Crippen LogP contribution in [-0.2, 0) is 0 Å². The molecule has 0 aliphatic carbocycles. The van der Waals surface area contributed by atoms with Crippen LogP contribution in [0.25, 0.3) is 22.3 Å². The van der Waals surface area contributed by atoms with E-state index in [-0.39, 0.29) is 11.6 Å². The number of para-hydroxylation sites is 1. The molecule has 0 aliphatic rings. The van der Waals surface area contributed by atoms with Gasteiger partial charge in [0.25, 0.3) is 5.56 Å². The van der Waals surface area contributed by atoms with E-state index in [1.165, 1.54) is 6.21 Å². The molecular formula is C29H17Br2Cl2N3O4. The largest absolute Gasteiger partial charge is 0.497 e. The van der Waals surface area contributed by atoms with Gasteiger partial charge in [-0.25, -0.2) is 9.78 Å². The van der Waals surface area contributed by atoms with E-state index in [1.807, 2.05) is 0 Å². The first kappa shape index (κ1) is 28.0. The molecule has 11 heteroatoms. The third-order valence-electron chi connectivity index (χ3n) is 5.80. The Labute approximate surface area is 255 Å². The highest BCUT2D eigenvalue weighted by atomic mass is 79.9. The van der Waals surface area contributed by atoms with Crippen molar-refractivity contribution in [2.75, 3.05) is 7.11 Å². The van der Waals surface area contributed by atoms with E-state index < -0.39 is 11.5 Å². The highest BCUT2D eigenvalue weighted by molar-refractivity contribution is 9.11. The van der Waals surface area contributed by atoms with Crippen LogP contribution in [0.5, 0.6) is 11.5 Å². The fourth-order valence-corrected chi connectivity index (χ4v) is 5.69. The molecule has 0 amide bonds. The molecule has 0 saturated heterocycles. The minimum absolute atomic E-state index is 0.209. The molecule has 5 aromatic rings. The van der Waals surface area contributed by atoms with Crippen LogP contribution in [0.1, 0.15) is 15.9 Å². The molecule has 0 unspecified atom stereocenters. The summed E-state index contributed by atoms with van der Waals surface area (Å²) in [5.74, 6) is 0.451. The average molecular weight is 702 g/mol. The normalized spacial score (nSPS) is 11.2. The molecule has 7 nitrogen and oxygen atoms in total. The van der Waals surface area contributed by atoms with Gasteiger partial charge in [0.1, 0.15) is 5.75 Å². The zero-order chi connectivity index (χ0) is 28.4. The first-order valence-electron chi connectivity index (χ1n) is 11.6. The van der Waals surface area contributed by atoms with Crippen LogP contribution in [0.15, 0.2) is 97.7 Å². The Kier molecular flexibility index (Phi) is 8.37. The lowest BCUT2D eigenvalue weighted by atomic mass is 10.2. The van der Waals surface area contributed by atoms with Gasteiger partial charge < -0.3 is 9.47 Å². The van der Waals surface area contributed by atoms with E-state index in [4.69, 9.17) is 32.7 Å². The maximum absolute atomic E-state index is 13.6. The standard InChI is InChI=1S/C29H17Br2Cl2N3O4/c1-39-20-9-6-16(7-10-20)29(38)40-26-17(12-18(30)13-23(26)31)15-34-36-27(21-11-8-19(32)14-24(21)33)35-25-5-3-2-4-22(25)28(36)37/h2-15H,1H3. The second-order valence-electron chi connectivity index (χ2n) is 8.36. The minimum Gasteiger partial charge on any atom is -0.497 e. The van der Waals surface area contributed by atoms with Crippen molar-refractivity contribution in [3.8, 4) is 22.9 Å². The van der Waals surface area contributed by atoms with Gasteiger partial charge in [0.05, 0.1) is 39.3 Å². The number of carbonyl (C=O) groups excluding carboxylic acids is 1. The summed E-state index contributed by atoms with van der Waals surface area (Å²) in [5, 5.41) is 5.60. The van der Waals surface area contributed by atoms with Crippen molar-refractivity contribution in [1.82, 2.24) is 9.66 Å². The average Bonchev–Trinajstić information content (AvgIpc) is 2.94. The molecule has 0 atom stereocenters. The molecule has 0 N–H and O–H groups in total. The Balaban J connectivity index is 1.62. The molecule has 5 rings (SSSR count). The molecule has 40 heavy (non-hydrogen) atoms. The van der Waals surface area contributed by atoms with E-state index in [1.54, 1.807) is 86.0 Å². The van der Waals surface area contributed by atoms with Crippen molar-refractivity contribution in [2.45, 2.75) is 0 Å². The van der Waals surface area contributed by atoms with Crippen LogP contribution in [-0.4, -0.2) is 29.0 Å². The maximum Gasteiger partial charge on any atom is 0.343 e. The number of fused-ring (bicyclic) bond motifs is 1. The maximum atomic E-state index is 13.6. The summed E-state index contributed by atoms with van der Waals surface area (Å²) >= 11 is 19.5. The van der Waals surface area contributed by atoms with Gasteiger partial charge in [-0.1, -0.05) is 51.3 Å². The van der Waals surface area contributed by atoms with E-state index in [9.17, 15) is 9.59 Å². The molecule has 0 saturated carbocycles. The number of hydrogen-bond donors (Lipinski definition) is 0. The van der Waals surface area contributed by atoms with Gasteiger partial charge in [-0.2, -0.15) is 9.78 Å². The van der Waals surface area contributed by atoms with Crippen LogP contribution < -0.4 is 15.0 Å². The van der Waals surface area contributed by atoms with Crippen LogP contribution in [0.4, 0.5) is 0 Å². The molecule has 1 aromatic heterocycles. The third-order valence-corrected chi connectivity index (χ3v) is 7.39. The summed E-state index contributed by atoms with van der Waals surface area (Å²) in [7, 11) is 1.54. The Hall–Kier alpha value is -3.50. The Morgan fingerprint density at radius 3 is 2.48 bits per heavy atom. The number of esters is 1. The highest BCUT2D eigenvalue weighted by Crippen LogP contribution is 2.33. The SMILES string of the molecule is COc1ccc(C(=O)Oc2c(Br)cc(Br)cc2C=Nn2c(-c3ccc(Cl)cc3Cl)nc3ccccc3c2=O)cc1. The topological polar surface area (TPSA) is 82.8 Å². The Morgan fingerprint density at radius 2 is 1.75 bits per heavy atom. The fourth-order valence-electron chi connectivity index (χ4n) is 3.86. The van der Waals surface area contributed by atoms with Gasteiger partial charge in [-0.05, 0) is 82.7 Å². The van der Waals surface area contributed by atoms with Crippen molar-refractivity contribution in [3.63, 3.8) is 0 Å². The quantitative estimate of drug-likeness (QED) is 0.102. The summed E-state index contributed by atoms with van der Waals surface area (Å²) in [4.78, 5) is 31.2. The van der Waals surface area contributed by atoms with Gasteiger partial charge in [-0.15, -0.1) is 0 Å². The summed E-state index contributed by atoms with van der Waals surface area (Å²) in [6, 6.07) is 21.8. The predicted octanol–water partition coefficient (Wildman–Crippen LogP) is 8.01. The summed E-state index contributed by atoms with van der Waals surface area (Å²) in [5.41, 5.74) is 1.28. The highest BCUT2D eigenvalue weighted by Gasteiger charge is 2.18. The molecule has 0 bridgehead atoms. The van der Waals surface area contributed by atoms with Gasteiger partial charge in [-0.3, -0.25) is 4.79 Å². The van der Waals surface area contributed by atoms with Gasteiger partial charge in [0, 0.05) is 20.6 Å². The second-order valence-corrected chi connectivity index (χ2v) is 11.0. The number of benzene rings is 4. The first-order chi connectivity index (χ1) is 19.2. The number of aromatic nitrogens is 2. The van der Waals surface area contributed by atoms with Crippen LogP contribution in [0.3, 0.4) is 0 Å². The number of hydrogen-bond acceptors (Lipinski definition) is 6. The van der Waals surface area contributed by atoms with Gasteiger partial charge in [0.2, 0.25) is 0 Å². The Bertz CT molecular complexity index is 1860. The van der Waals surface area contributed by atoms with Gasteiger partial charge in [0.15, 0.2) is 11.6 Å². The molecule has 0 radical (unpaired) electrons. The van der Waals surface area contributed by atoms with Crippen molar-refractivity contribution in [3.05, 3.63) is 119 Å². The molecule has 200 valence electrons. The van der Waals surface area contributed by atoms with Crippen LogP contribution >= 0.6 is 55.1 Å². The molecule has 0 aliphatic heterocycles. The van der Waals surface area contributed by atoms with Gasteiger partial charge >= 0.3 is 5.97 Å². The van der Waals surface area contributed by atoms with E-state index >= 15 is 0 Å². The lowest BCUT2D eigenvalue weighted by Gasteiger charge is -2.13. The lowest BCUT2D eigenvalue weighted by Crippen LogP contribution is -2.20. The zero-order valence-electron chi connectivity index (χ0n) is 20.6. The first-order valence-corrected chi connectivity index (χ1v) is 14.0. The van der Waals surface area contributed by atoms with Crippen LogP contribution in [0.2, 0.25) is 10.0 Å². The van der Waals surface area contributed by atoms with E-state index in [0.29, 0.717) is 52.3 Å². The molecule has 0 spiro atoms. The number of halogens is 4. The monoisotopic (exact) mass is 699 g/mol. The molecule has 1 heterocycles. The summed E-state index contributed by atoms with van der Waals surface area (Å²) in [6.07, 6.45) is 1.41. The van der Waals surface area contributed by atoms with E-state index in [0.717, 1.165) is 4.68 Å². The third kappa shape index (κ3) is 5.83. The molecular weight excluding hydrogens is 685 g/mol. The second kappa shape index (κ2) is 11.9. The number of carbonyl (C=O) groups is 1. The van der Waals surface area contributed by atoms with Crippen LogP contribution in [0, 0.1) is 0 Å². The van der Waals surface area contributed by atoms with Crippen molar-refractivity contribution < 1.29 is 14.3 Å². The fraction of sp³-hybridized carbons (Fsp3) is 0.0345. The number of rotatable bonds is 6. The van der Waals surface area contributed by atoms with Crippen molar-refractivity contribution in [2.24, 2.45) is 5.10 Å². The number of ether oxygens (including phenoxy) is 2. The lowest BCUT2D eigenvalue weighted by molar-refractivity contribution is 0.0733. The smallest absolute Gasteiger partial charge is 0.343 e. The minimum atomic E-state index is -0.585. The Morgan fingerprint density at radius 1 is 1.00 bits per heavy atom. The molecule has 4 aromatic carbocycles. The predicted molar refractivity (Wildman–Crippen MR) is 164 cm³/mol. The zero-order valence-corrected chi connectivity index (χ0v) is 25.3. The summed E-state index contributed by atoms with van der Waals surface area (Å²) in [6.45, 7) is 0. The number of nitrogens with zero attached hydrogens (tertiary/aromatic N) is 3. The van der Waals surface area contributed by atoms with Crippen molar-refractivity contribution in [1.29, 1.82) is 0 Å². The van der Waals surface area contributed by atoms with Crippen molar-refractivity contribution >= 4 is 78.1 Å². The molecule has 0 fully saturated rings. The number of methoxy groups -OCH3 is 1.